The lowest BCUT2D eigenvalue weighted by Crippen LogP contribution is -2.20. The molecule has 0 heterocycles. The van der Waals surface area contributed by atoms with Gasteiger partial charge in [-0.25, -0.2) is 0 Å². The molecule has 1 aromatic rings. The van der Waals surface area contributed by atoms with Crippen molar-refractivity contribution < 1.29 is 4.74 Å². The minimum absolute atomic E-state index is 0.275. The maximum absolute atomic E-state index is 9.49. The topological polar surface area (TPSA) is 33.0 Å². The lowest BCUT2D eigenvalue weighted by molar-refractivity contribution is 0.349. The van der Waals surface area contributed by atoms with Crippen molar-refractivity contribution in [2.75, 3.05) is 7.11 Å². The first-order chi connectivity index (χ1) is 9.01. The average Bonchev–Trinajstić information content (AvgIpc) is 2.44. The Labute approximate surface area is 117 Å². The van der Waals surface area contributed by atoms with Crippen molar-refractivity contribution in [3.05, 3.63) is 29.3 Å². The Morgan fingerprint density at radius 3 is 2.32 bits per heavy atom. The smallest absolute Gasteiger partial charge is 0.122 e. The van der Waals surface area contributed by atoms with Gasteiger partial charge in [0.15, 0.2) is 0 Å². The molecule has 19 heavy (non-hydrogen) atoms. The zero-order chi connectivity index (χ0) is 14.5. The van der Waals surface area contributed by atoms with Crippen LogP contribution in [0, 0.1) is 16.7 Å². The molecular weight excluding hydrogens is 234 g/mol. The molecule has 0 radical (unpaired) electrons. The maximum atomic E-state index is 9.49. The van der Waals surface area contributed by atoms with Crippen molar-refractivity contribution in [1.29, 1.82) is 5.26 Å². The van der Waals surface area contributed by atoms with Crippen LogP contribution in [-0.2, 0) is 6.42 Å². The molecule has 104 valence electrons. The highest BCUT2D eigenvalue weighted by Crippen LogP contribution is 2.34. The number of ether oxygens (including phenoxy) is 1. The summed E-state index contributed by atoms with van der Waals surface area (Å²) in [5.41, 5.74) is 2.18. The van der Waals surface area contributed by atoms with Crippen LogP contribution < -0.4 is 4.74 Å². The minimum atomic E-state index is -0.275. The Kier molecular flexibility index (Phi) is 5.42. The summed E-state index contributed by atoms with van der Waals surface area (Å²) in [5, 5.41) is 9.49. The number of nitrogens with zero attached hydrogens (tertiary/aromatic N) is 1. The van der Waals surface area contributed by atoms with Gasteiger partial charge in [-0.1, -0.05) is 39.8 Å². The summed E-state index contributed by atoms with van der Waals surface area (Å²) < 4.78 is 5.45. The van der Waals surface area contributed by atoms with E-state index in [1.807, 2.05) is 6.07 Å². The third kappa shape index (κ3) is 3.50. The second-order valence-corrected chi connectivity index (χ2v) is 5.50. The molecule has 0 aliphatic heterocycles. The van der Waals surface area contributed by atoms with Gasteiger partial charge in [-0.3, -0.25) is 0 Å². The Balaban J connectivity index is 3.17. The van der Waals surface area contributed by atoms with E-state index in [9.17, 15) is 5.26 Å². The molecule has 0 fully saturated rings. The van der Waals surface area contributed by atoms with E-state index in [0.29, 0.717) is 5.92 Å². The van der Waals surface area contributed by atoms with Gasteiger partial charge in [-0.2, -0.15) is 5.26 Å². The van der Waals surface area contributed by atoms with Gasteiger partial charge in [0, 0.05) is 0 Å². The van der Waals surface area contributed by atoms with E-state index in [-0.39, 0.29) is 5.41 Å². The van der Waals surface area contributed by atoms with Crippen molar-refractivity contribution in [1.82, 2.24) is 0 Å². The lowest BCUT2D eigenvalue weighted by atomic mass is 9.78. The van der Waals surface area contributed by atoms with Gasteiger partial charge in [-0.15, -0.1) is 0 Å². The van der Waals surface area contributed by atoms with Crippen LogP contribution in [0.4, 0.5) is 0 Å². The van der Waals surface area contributed by atoms with Crippen LogP contribution in [0.1, 0.15) is 57.6 Å². The highest BCUT2D eigenvalue weighted by Gasteiger charge is 2.27. The zero-order valence-electron chi connectivity index (χ0n) is 12.8. The van der Waals surface area contributed by atoms with Crippen LogP contribution in [0.25, 0.3) is 0 Å². The van der Waals surface area contributed by atoms with Gasteiger partial charge < -0.3 is 4.74 Å². The van der Waals surface area contributed by atoms with Crippen LogP contribution >= 0.6 is 0 Å². The standard InChI is InChI=1S/C17H25NO/c1-6-17(7-2,12-18)11-15-10-14(13(3)4)8-9-16(15)19-5/h8-10,13H,6-7,11H2,1-5H3. The van der Waals surface area contributed by atoms with Crippen molar-refractivity contribution in [2.24, 2.45) is 5.41 Å². The van der Waals surface area contributed by atoms with Crippen LogP contribution in [0.3, 0.4) is 0 Å². The quantitative estimate of drug-likeness (QED) is 0.742. The molecule has 0 aromatic heterocycles. The molecule has 0 aliphatic rings. The summed E-state index contributed by atoms with van der Waals surface area (Å²) in [6.45, 7) is 8.54. The Hall–Kier alpha value is -1.49. The van der Waals surface area contributed by atoms with E-state index < -0.39 is 0 Å². The number of benzene rings is 1. The molecule has 2 heteroatoms. The first kappa shape index (κ1) is 15.6. The third-order valence-electron chi connectivity index (χ3n) is 4.09. The van der Waals surface area contributed by atoms with Gasteiger partial charge in [-0.05, 0) is 42.4 Å². The number of hydrogen-bond acceptors (Lipinski definition) is 2. The van der Waals surface area contributed by atoms with E-state index in [1.165, 1.54) is 5.56 Å². The summed E-state index contributed by atoms with van der Waals surface area (Å²) >= 11 is 0. The van der Waals surface area contributed by atoms with Gasteiger partial charge in [0.2, 0.25) is 0 Å². The monoisotopic (exact) mass is 259 g/mol. The predicted octanol–water partition coefficient (Wildman–Crippen LogP) is 4.69. The fourth-order valence-corrected chi connectivity index (χ4v) is 2.36. The van der Waals surface area contributed by atoms with Crippen LogP contribution in [0.15, 0.2) is 18.2 Å². The second-order valence-electron chi connectivity index (χ2n) is 5.50. The second kappa shape index (κ2) is 6.61. The Morgan fingerprint density at radius 1 is 1.26 bits per heavy atom. The van der Waals surface area contributed by atoms with E-state index in [1.54, 1.807) is 7.11 Å². The van der Waals surface area contributed by atoms with Crippen LogP contribution in [0.5, 0.6) is 5.75 Å². The minimum Gasteiger partial charge on any atom is -0.496 e. The zero-order valence-corrected chi connectivity index (χ0v) is 12.8. The molecule has 0 amide bonds. The molecular formula is C17H25NO. The molecule has 0 spiro atoms. The molecule has 1 rings (SSSR count). The SMILES string of the molecule is CCC(C#N)(CC)Cc1cc(C(C)C)ccc1OC. The number of rotatable bonds is 6. The summed E-state index contributed by atoms with van der Waals surface area (Å²) in [6, 6.07) is 8.84. The lowest BCUT2D eigenvalue weighted by Gasteiger charge is -2.25. The number of nitriles is 1. The number of hydrogen-bond donors (Lipinski definition) is 0. The fraction of sp³-hybridized carbons (Fsp3) is 0.588. The molecule has 0 unspecified atom stereocenters. The van der Waals surface area contributed by atoms with Crippen LogP contribution in [-0.4, -0.2) is 7.11 Å². The summed E-state index contributed by atoms with van der Waals surface area (Å²) in [4.78, 5) is 0. The van der Waals surface area contributed by atoms with Gasteiger partial charge in [0.05, 0.1) is 18.6 Å². The molecule has 0 N–H and O–H groups in total. The first-order valence-electron chi connectivity index (χ1n) is 7.10. The van der Waals surface area contributed by atoms with E-state index >= 15 is 0 Å². The van der Waals surface area contributed by atoms with Gasteiger partial charge in [0.1, 0.15) is 5.75 Å². The summed E-state index contributed by atoms with van der Waals surface area (Å²) in [6.07, 6.45) is 2.50. The van der Waals surface area contributed by atoms with Crippen molar-refractivity contribution in [3.8, 4) is 11.8 Å². The van der Waals surface area contributed by atoms with Crippen molar-refractivity contribution >= 4 is 0 Å². The molecule has 0 saturated carbocycles. The average molecular weight is 259 g/mol. The van der Waals surface area contributed by atoms with Crippen molar-refractivity contribution in [2.45, 2.75) is 52.9 Å². The number of methoxy groups -OCH3 is 1. The first-order valence-corrected chi connectivity index (χ1v) is 7.10. The highest BCUT2D eigenvalue weighted by atomic mass is 16.5. The molecule has 0 saturated heterocycles. The highest BCUT2D eigenvalue weighted by molar-refractivity contribution is 5.39. The summed E-state index contributed by atoms with van der Waals surface area (Å²) in [7, 11) is 1.69. The summed E-state index contributed by atoms with van der Waals surface area (Å²) in [5.74, 6) is 1.38. The Morgan fingerprint density at radius 2 is 1.89 bits per heavy atom. The molecule has 1 aromatic carbocycles. The van der Waals surface area contributed by atoms with Crippen LogP contribution in [0.2, 0.25) is 0 Å². The largest absolute Gasteiger partial charge is 0.496 e. The molecule has 0 bridgehead atoms. The van der Waals surface area contributed by atoms with E-state index in [0.717, 1.165) is 30.6 Å². The Bertz CT molecular complexity index is 453. The van der Waals surface area contributed by atoms with Gasteiger partial charge >= 0.3 is 0 Å². The molecule has 0 aliphatic carbocycles. The molecule has 0 atom stereocenters. The maximum Gasteiger partial charge on any atom is 0.122 e. The normalized spacial score (nSPS) is 11.4. The fourth-order valence-electron chi connectivity index (χ4n) is 2.36. The third-order valence-corrected chi connectivity index (χ3v) is 4.09. The van der Waals surface area contributed by atoms with E-state index in [2.05, 4.69) is 45.9 Å². The van der Waals surface area contributed by atoms with Crippen molar-refractivity contribution in [3.63, 3.8) is 0 Å². The van der Waals surface area contributed by atoms with E-state index in [4.69, 9.17) is 4.74 Å². The van der Waals surface area contributed by atoms with Gasteiger partial charge in [0.25, 0.3) is 0 Å². The predicted molar refractivity (Wildman–Crippen MR) is 79.4 cm³/mol. The molecule has 2 nitrogen and oxygen atoms in total.